The van der Waals surface area contributed by atoms with E-state index in [4.69, 9.17) is 4.52 Å². The van der Waals surface area contributed by atoms with E-state index in [9.17, 15) is 0 Å². The Labute approximate surface area is 133 Å². The molecular weight excluding hydrogens is 312 g/mol. The molecule has 21 heavy (non-hydrogen) atoms. The summed E-state index contributed by atoms with van der Waals surface area (Å²) in [7, 11) is 2.03. The Morgan fingerprint density at radius 2 is 2.10 bits per heavy atom. The molecule has 9 heteroatoms. The van der Waals surface area contributed by atoms with Crippen molar-refractivity contribution in [2.45, 2.75) is 36.6 Å². The monoisotopic (exact) mass is 330 g/mol. The smallest absolute Gasteiger partial charge is 0.223 e. The van der Waals surface area contributed by atoms with Gasteiger partial charge in [-0.05, 0) is 25.9 Å². The summed E-state index contributed by atoms with van der Waals surface area (Å²) >= 11 is 1.59. The van der Waals surface area contributed by atoms with Crippen LogP contribution in [0.15, 0.2) is 9.68 Å². The molecule has 0 unspecified atom stereocenters. The fraction of sp³-hybridized carbons (Fsp3) is 0.667. The molecule has 0 bridgehead atoms. The Bertz CT molecular complexity index is 580. The fourth-order valence-corrected chi connectivity index (χ4v) is 3.18. The lowest BCUT2D eigenvalue weighted by atomic mass is 9.97. The van der Waals surface area contributed by atoms with Crippen molar-refractivity contribution in [3.05, 3.63) is 17.5 Å². The minimum Gasteiger partial charge on any atom is -0.340 e. The molecule has 0 spiro atoms. The molecule has 1 saturated heterocycles. The molecule has 7 nitrogen and oxygen atoms in total. The van der Waals surface area contributed by atoms with Gasteiger partial charge in [-0.15, -0.1) is 22.6 Å². The van der Waals surface area contributed by atoms with Crippen LogP contribution in [0, 0.1) is 6.92 Å². The number of rotatable bonds is 4. The highest BCUT2D eigenvalue weighted by atomic mass is 35.5. The van der Waals surface area contributed by atoms with Crippen LogP contribution in [0.1, 0.15) is 36.3 Å². The first-order valence-electron chi connectivity index (χ1n) is 6.76. The van der Waals surface area contributed by atoms with Gasteiger partial charge in [0.25, 0.3) is 0 Å². The predicted octanol–water partition coefficient (Wildman–Crippen LogP) is 1.69. The van der Waals surface area contributed by atoms with Gasteiger partial charge in [-0.1, -0.05) is 16.9 Å². The summed E-state index contributed by atoms with van der Waals surface area (Å²) in [5.41, 5.74) is 0. The highest BCUT2D eigenvalue weighted by Crippen LogP contribution is 2.27. The summed E-state index contributed by atoms with van der Waals surface area (Å²) in [6.07, 6.45) is 2.25. The first kappa shape index (κ1) is 16.3. The molecule has 2 aromatic heterocycles. The third-order valence-corrected chi connectivity index (χ3v) is 4.49. The highest BCUT2D eigenvalue weighted by molar-refractivity contribution is 7.98. The predicted molar refractivity (Wildman–Crippen MR) is 81.7 cm³/mol. The molecule has 116 valence electrons. The van der Waals surface area contributed by atoms with E-state index in [0.29, 0.717) is 23.4 Å². The van der Waals surface area contributed by atoms with Crippen LogP contribution in [0.3, 0.4) is 0 Å². The van der Waals surface area contributed by atoms with E-state index in [-0.39, 0.29) is 12.4 Å². The molecule has 1 aliphatic heterocycles. The van der Waals surface area contributed by atoms with Gasteiger partial charge in [0.15, 0.2) is 11.0 Å². The molecule has 0 atom stereocenters. The van der Waals surface area contributed by atoms with E-state index >= 15 is 0 Å². The lowest BCUT2D eigenvalue weighted by molar-refractivity contribution is 0.389. The van der Waals surface area contributed by atoms with Crippen molar-refractivity contribution in [1.82, 2.24) is 30.2 Å². The van der Waals surface area contributed by atoms with E-state index in [1.165, 1.54) is 0 Å². The van der Waals surface area contributed by atoms with Gasteiger partial charge in [-0.25, -0.2) is 0 Å². The third kappa shape index (κ3) is 3.75. The minimum absolute atomic E-state index is 0. The third-order valence-electron chi connectivity index (χ3n) is 3.47. The molecule has 3 heterocycles. The zero-order chi connectivity index (χ0) is 13.9. The van der Waals surface area contributed by atoms with Crippen molar-refractivity contribution in [2.75, 3.05) is 13.1 Å². The zero-order valence-electron chi connectivity index (χ0n) is 12.1. The second kappa shape index (κ2) is 7.24. The van der Waals surface area contributed by atoms with Gasteiger partial charge in [-0.3, -0.25) is 0 Å². The molecule has 0 saturated carbocycles. The first-order valence-corrected chi connectivity index (χ1v) is 7.74. The Kier molecular flexibility index (Phi) is 5.60. The SMILES string of the molecule is Cc1nc(CSc2nnc(C3CCNCC3)n2C)no1.Cl. The van der Waals surface area contributed by atoms with Crippen molar-refractivity contribution in [2.24, 2.45) is 7.05 Å². The van der Waals surface area contributed by atoms with Crippen molar-refractivity contribution < 1.29 is 4.52 Å². The van der Waals surface area contributed by atoms with Crippen molar-refractivity contribution in [3.8, 4) is 0 Å². The van der Waals surface area contributed by atoms with E-state index in [2.05, 4.69) is 30.2 Å². The molecular formula is C12H19ClN6OS. The van der Waals surface area contributed by atoms with Crippen LogP contribution < -0.4 is 5.32 Å². The quantitative estimate of drug-likeness (QED) is 0.854. The van der Waals surface area contributed by atoms with Gasteiger partial charge < -0.3 is 14.4 Å². The van der Waals surface area contributed by atoms with E-state index < -0.39 is 0 Å². The largest absolute Gasteiger partial charge is 0.340 e. The second-order valence-corrected chi connectivity index (χ2v) is 5.88. The molecule has 0 radical (unpaired) electrons. The molecule has 2 aromatic rings. The normalized spacial score (nSPS) is 15.9. The van der Waals surface area contributed by atoms with E-state index in [1.54, 1.807) is 18.7 Å². The number of halogens is 1. The second-order valence-electron chi connectivity index (χ2n) is 4.94. The van der Waals surface area contributed by atoms with Crippen LogP contribution in [0.25, 0.3) is 0 Å². The number of nitrogens with one attached hydrogen (secondary N) is 1. The summed E-state index contributed by atoms with van der Waals surface area (Å²) in [4.78, 5) is 4.19. The standard InChI is InChI=1S/C12H18N6OS.ClH/c1-8-14-10(17-19-8)7-20-12-16-15-11(18(12)2)9-3-5-13-6-4-9;/h9,13H,3-7H2,1-2H3;1H. The zero-order valence-corrected chi connectivity index (χ0v) is 13.7. The maximum atomic E-state index is 4.96. The number of aryl methyl sites for hydroxylation is 1. The van der Waals surface area contributed by atoms with Crippen molar-refractivity contribution >= 4 is 24.2 Å². The van der Waals surface area contributed by atoms with Gasteiger partial charge in [-0.2, -0.15) is 4.98 Å². The van der Waals surface area contributed by atoms with Gasteiger partial charge in [0.05, 0.1) is 5.75 Å². The Balaban J connectivity index is 0.00000161. The van der Waals surface area contributed by atoms with Crippen LogP contribution in [-0.2, 0) is 12.8 Å². The molecule has 1 fully saturated rings. The summed E-state index contributed by atoms with van der Waals surface area (Å²) < 4.78 is 7.05. The molecule has 0 aliphatic carbocycles. The maximum absolute atomic E-state index is 4.96. The average molecular weight is 331 g/mol. The van der Waals surface area contributed by atoms with Crippen molar-refractivity contribution in [3.63, 3.8) is 0 Å². The molecule has 3 rings (SSSR count). The summed E-state index contributed by atoms with van der Waals surface area (Å²) in [6, 6.07) is 0. The number of thioether (sulfide) groups is 1. The fourth-order valence-electron chi connectivity index (χ4n) is 2.42. The van der Waals surface area contributed by atoms with Gasteiger partial charge >= 0.3 is 0 Å². The van der Waals surface area contributed by atoms with E-state index in [0.717, 1.165) is 36.9 Å². The first-order chi connectivity index (χ1) is 9.74. The summed E-state index contributed by atoms with van der Waals surface area (Å²) in [5, 5.41) is 16.8. The number of piperidine rings is 1. The van der Waals surface area contributed by atoms with Crippen molar-refractivity contribution in [1.29, 1.82) is 0 Å². The van der Waals surface area contributed by atoms with Crippen LogP contribution in [0.2, 0.25) is 0 Å². The van der Waals surface area contributed by atoms with Crippen LogP contribution >= 0.6 is 24.2 Å². The van der Waals surface area contributed by atoms with Gasteiger partial charge in [0.2, 0.25) is 5.89 Å². The number of hydrogen-bond donors (Lipinski definition) is 1. The molecule has 0 aromatic carbocycles. The van der Waals surface area contributed by atoms with Crippen LogP contribution in [0.4, 0.5) is 0 Å². The van der Waals surface area contributed by atoms with E-state index in [1.807, 2.05) is 7.05 Å². The van der Waals surface area contributed by atoms with Crippen LogP contribution in [-0.4, -0.2) is 38.0 Å². The lowest BCUT2D eigenvalue weighted by Gasteiger charge is -2.21. The number of hydrogen-bond acceptors (Lipinski definition) is 7. The average Bonchev–Trinajstić information content (AvgIpc) is 3.04. The Hall–Kier alpha value is -1.12. The highest BCUT2D eigenvalue weighted by Gasteiger charge is 2.21. The maximum Gasteiger partial charge on any atom is 0.223 e. The van der Waals surface area contributed by atoms with Crippen LogP contribution in [0.5, 0.6) is 0 Å². The molecule has 0 amide bonds. The topological polar surface area (TPSA) is 81.7 Å². The summed E-state index contributed by atoms with van der Waals surface area (Å²) in [5.74, 6) is 3.52. The lowest BCUT2D eigenvalue weighted by Crippen LogP contribution is -2.27. The summed E-state index contributed by atoms with van der Waals surface area (Å²) in [6.45, 7) is 3.91. The Morgan fingerprint density at radius 3 is 2.76 bits per heavy atom. The number of nitrogens with zero attached hydrogens (tertiary/aromatic N) is 5. The molecule has 1 aliphatic rings. The van der Waals surface area contributed by atoms with Gasteiger partial charge in [0, 0.05) is 19.9 Å². The Morgan fingerprint density at radius 1 is 1.33 bits per heavy atom. The van der Waals surface area contributed by atoms with Gasteiger partial charge in [0.1, 0.15) is 5.82 Å². The number of aromatic nitrogens is 5. The minimum atomic E-state index is 0. The molecule has 1 N–H and O–H groups in total.